The van der Waals surface area contributed by atoms with E-state index in [1.807, 2.05) is 40.6 Å². The fourth-order valence-electron chi connectivity index (χ4n) is 2.91. The molecule has 1 atom stereocenters. The number of rotatable bonds is 3. The molecule has 1 aliphatic heterocycles. The van der Waals surface area contributed by atoms with Crippen molar-refractivity contribution in [3.63, 3.8) is 0 Å². The molecule has 0 N–H and O–H groups in total. The van der Waals surface area contributed by atoms with Crippen LogP contribution in [0.5, 0.6) is 5.75 Å². The van der Waals surface area contributed by atoms with E-state index in [1.165, 1.54) is 16.9 Å². The molecule has 0 spiro atoms. The highest BCUT2D eigenvalue weighted by Crippen LogP contribution is 2.34. The van der Waals surface area contributed by atoms with Crippen LogP contribution in [0.4, 0.5) is 0 Å². The van der Waals surface area contributed by atoms with Crippen molar-refractivity contribution in [1.82, 2.24) is 4.90 Å². The number of likely N-dealkylation sites (tertiary alicyclic amines) is 1. The first-order valence-electron chi connectivity index (χ1n) is 7.28. The van der Waals surface area contributed by atoms with Crippen molar-refractivity contribution in [2.24, 2.45) is 0 Å². The van der Waals surface area contributed by atoms with Crippen molar-refractivity contribution in [3.8, 4) is 5.75 Å². The number of piperidine rings is 1. The van der Waals surface area contributed by atoms with Gasteiger partial charge in [-0.15, -0.1) is 11.3 Å². The van der Waals surface area contributed by atoms with E-state index in [4.69, 9.17) is 4.74 Å². The van der Waals surface area contributed by atoms with Gasteiger partial charge in [-0.05, 0) is 48.4 Å². The number of amides is 1. The van der Waals surface area contributed by atoms with E-state index >= 15 is 0 Å². The summed E-state index contributed by atoms with van der Waals surface area (Å²) in [6.07, 6.45) is 3.26. The van der Waals surface area contributed by atoms with Gasteiger partial charge < -0.3 is 9.64 Å². The molecule has 1 amide bonds. The third-order valence-corrected chi connectivity index (χ3v) is 4.83. The lowest BCUT2D eigenvalue weighted by atomic mass is 9.95. The van der Waals surface area contributed by atoms with Crippen molar-refractivity contribution in [3.05, 3.63) is 52.2 Å². The predicted octanol–water partition coefficient (Wildman–Crippen LogP) is 4.12. The van der Waals surface area contributed by atoms with E-state index < -0.39 is 0 Å². The maximum Gasteiger partial charge on any atom is 0.264 e. The Labute approximate surface area is 129 Å². The number of thiophene rings is 1. The number of methoxy groups -OCH3 is 1. The molecule has 0 bridgehead atoms. The molecule has 3 nitrogen and oxygen atoms in total. The zero-order valence-corrected chi connectivity index (χ0v) is 12.9. The molecule has 1 aliphatic rings. The first kappa shape index (κ1) is 14.1. The molecule has 4 heteroatoms. The molecule has 1 saturated heterocycles. The smallest absolute Gasteiger partial charge is 0.264 e. The van der Waals surface area contributed by atoms with Crippen LogP contribution < -0.4 is 4.74 Å². The van der Waals surface area contributed by atoms with Crippen molar-refractivity contribution in [2.45, 2.75) is 25.3 Å². The lowest BCUT2D eigenvalue weighted by Gasteiger charge is -2.36. The first-order chi connectivity index (χ1) is 10.3. The Bertz CT molecular complexity index is 609. The molecule has 1 aromatic carbocycles. The summed E-state index contributed by atoms with van der Waals surface area (Å²) in [5.41, 5.74) is 1.17. The van der Waals surface area contributed by atoms with Crippen molar-refractivity contribution >= 4 is 17.2 Å². The van der Waals surface area contributed by atoms with E-state index in [9.17, 15) is 4.79 Å². The summed E-state index contributed by atoms with van der Waals surface area (Å²) in [7, 11) is 1.68. The molecule has 1 aromatic heterocycles. The normalized spacial score (nSPS) is 18.5. The molecule has 0 aliphatic carbocycles. The van der Waals surface area contributed by atoms with Gasteiger partial charge in [-0.1, -0.05) is 18.2 Å². The van der Waals surface area contributed by atoms with Gasteiger partial charge in [-0.25, -0.2) is 0 Å². The average Bonchev–Trinajstić information content (AvgIpc) is 3.09. The van der Waals surface area contributed by atoms with Crippen LogP contribution in [0.3, 0.4) is 0 Å². The Morgan fingerprint density at radius 1 is 1.29 bits per heavy atom. The van der Waals surface area contributed by atoms with Gasteiger partial charge in [0.05, 0.1) is 18.0 Å². The Kier molecular flexibility index (Phi) is 4.25. The van der Waals surface area contributed by atoms with Gasteiger partial charge in [0.25, 0.3) is 5.91 Å². The summed E-state index contributed by atoms with van der Waals surface area (Å²) in [6.45, 7) is 0.832. The fourth-order valence-corrected chi connectivity index (χ4v) is 3.59. The van der Waals surface area contributed by atoms with Crippen LogP contribution in [-0.2, 0) is 0 Å². The van der Waals surface area contributed by atoms with E-state index in [1.54, 1.807) is 7.11 Å². The van der Waals surface area contributed by atoms with Gasteiger partial charge in [-0.2, -0.15) is 0 Å². The molecule has 0 saturated carbocycles. The van der Waals surface area contributed by atoms with Gasteiger partial charge in [0.15, 0.2) is 0 Å². The molecule has 0 unspecified atom stereocenters. The van der Waals surface area contributed by atoms with Crippen LogP contribution in [0.1, 0.15) is 40.5 Å². The fraction of sp³-hybridized carbons (Fsp3) is 0.353. The highest BCUT2D eigenvalue weighted by atomic mass is 32.1. The second-order valence-corrected chi connectivity index (χ2v) is 6.21. The van der Waals surface area contributed by atoms with Gasteiger partial charge in [0, 0.05) is 6.54 Å². The van der Waals surface area contributed by atoms with Gasteiger partial charge >= 0.3 is 0 Å². The number of hydrogen-bond donors (Lipinski definition) is 0. The maximum atomic E-state index is 12.7. The van der Waals surface area contributed by atoms with Crippen LogP contribution in [-0.4, -0.2) is 24.5 Å². The largest absolute Gasteiger partial charge is 0.497 e. The summed E-state index contributed by atoms with van der Waals surface area (Å²) in [5.74, 6) is 0.999. The summed E-state index contributed by atoms with van der Waals surface area (Å²) < 4.78 is 5.31. The minimum absolute atomic E-state index is 0.150. The Morgan fingerprint density at radius 2 is 2.19 bits per heavy atom. The number of carbonyl (C=O) groups is 1. The maximum absolute atomic E-state index is 12.7. The second kappa shape index (κ2) is 6.31. The van der Waals surface area contributed by atoms with E-state index in [-0.39, 0.29) is 11.9 Å². The van der Waals surface area contributed by atoms with Gasteiger partial charge in [-0.3, -0.25) is 4.79 Å². The third-order valence-electron chi connectivity index (χ3n) is 3.97. The molecular weight excluding hydrogens is 282 g/mol. The van der Waals surface area contributed by atoms with Gasteiger partial charge in [0.1, 0.15) is 5.75 Å². The number of benzene rings is 1. The third kappa shape index (κ3) is 2.95. The van der Waals surface area contributed by atoms with Crippen LogP contribution in [0.25, 0.3) is 0 Å². The number of hydrogen-bond acceptors (Lipinski definition) is 3. The van der Waals surface area contributed by atoms with Crippen molar-refractivity contribution in [1.29, 1.82) is 0 Å². The predicted molar refractivity (Wildman–Crippen MR) is 84.9 cm³/mol. The molecule has 2 aromatic rings. The minimum Gasteiger partial charge on any atom is -0.497 e. The number of ether oxygens (including phenoxy) is 1. The van der Waals surface area contributed by atoms with Crippen LogP contribution in [0.2, 0.25) is 0 Å². The summed E-state index contributed by atoms with van der Waals surface area (Å²) in [5, 5.41) is 1.96. The monoisotopic (exact) mass is 301 g/mol. The summed E-state index contributed by atoms with van der Waals surface area (Å²) in [6, 6.07) is 12.1. The zero-order valence-electron chi connectivity index (χ0n) is 12.1. The van der Waals surface area contributed by atoms with Crippen LogP contribution >= 0.6 is 11.3 Å². The zero-order chi connectivity index (χ0) is 14.7. The van der Waals surface area contributed by atoms with Crippen molar-refractivity contribution in [2.75, 3.05) is 13.7 Å². The van der Waals surface area contributed by atoms with E-state index in [2.05, 4.69) is 6.07 Å². The Balaban J connectivity index is 1.89. The van der Waals surface area contributed by atoms with Crippen LogP contribution in [0, 0.1) is 0 Å². The van der Waals surface area contributed by atoms with Crippen LogP contribution in [0.15, 0.2) is 41.8 Å². The standard InChI is InChI=1S/C17H19NO2S/c1-20-14-7-4-6-13(12-14)15-8-2-3-10-18(15)17(19)16-9-5-11-21-16/h4-7,9,11-12,15H,2-3,8,10H2,1H3/t15-/m0/s1. The first-order valence-corrected chi connectivity index (χ1v) is 8.16. The number of carbonyl (C=O) groups excluding carboxylic acids is 1. The SMILES string of the molecule is COc1cccc([C@@H]2CCCCN2C(=O)c2cccs2)c1. The Morgan fingerprint density at radius 3 is 2.95 bits per heavy atom. The lowest BCUT2D eigenvalue weighted by molar-refractivity contribution is 0.0616. The molecular formula is C17H19NO2S. The van der Waals surface area contributed by atoms with E-state index in [0.29, 0.717) is 0 Å². The average molecular weight is 301 g/mol. The highest BCUT2D eigenvalue weighted by molar-refractivity contribution is 7.12. The topological polar surface area (TPSA) is 29.5 Å². The summed E-state index contributed by atoms with van der Waals surface area (Å²) >= 11 is 1.51. The molecule has 21 heavy (non-hydrogen) atoms. The van der Waals surface area contributed by atoms with E-state index in [0.717, 1.165) is 36.4 Å². The minimum atomic E-state index is 0.150. The quantitative estimate of drug-likeness (QED) is 0.853. The Hall–Kier alpha value is -1.81. The highest BCUT2D eigenvalue weighted by Gasteiger charge is 2.29. The molecule has 0 radical (unpaired) electrons. The number of nitrogens with zero attached hydrogens (tertiary/aromatic N) is 1. The second-order valence-electron chi connectivity index (χ2n) is 5.26. The molecule has 3 rings (SSSR count). The lowest BCUT2D eigenvalue weighted by Crippen LogP contribution is -2.38. The molecule has 2 heterocycles. The molecule has 110 valence electrons. The van der Waals surface area contributed by atoms with Gasteiger partial charge in [0.2, 0.25) is 0 Å². The molecule has 1 fully saturated rings. The summed E-state index contributed by atoms with van der Waals surface area (Å²) in [4.78, 5) is 15.5. The van der Waals surface area contributed by atoms with Crippen molar-refractivity contribution < 1.29 is 9.53 Å².